The Morgan fingerprint density at radius 2 is 1.91 bits per heavy atom. The van der Waals surface area contributed by atoms with Crippen LogP contribution in [-0.4, -0.2) is 30.1 Å². The van der Waals surface area contributed by atoms with Crippen LogP contribution in [0.5, 0.6) is 11.5 Å². The van der Waals surface area contributed by atoms with Gasteiger partial charge >= 0.3 is 0 Å². The minimum absolute atomic E-state index is 0.252. The van der Waals surface area contributed by atoms with Gasteiger partial charge in [0.2, 0.25) is 5.76 Å². The number of nitriles is 1. The van der Waals surface area contributed by atoms with Crippen LogP contribution in [0, 0.1) is 24.2 Å². The molecule has 2 N–H and O–H groups in total. The smallest absolute Gasteiger partial charge is 0.203 e. The molecule has 0 amide bonds. The number of ether oxygens (including phenoxy) is 2. The molecule has 1 atom stereocenters. The van der Waals surface area contributed by atoms with Gasteiger partial charge in [0.15, 0.2) is 0 Å². The van der Waals surface area contributed by atoms with E-state index in [1.165, 1.54) is 0 Å². The first-order valence-electron chi connectivity index (χ1n) is 11.5. The fourth-order valence-corrected chi connectivity index (χ4v) is 5.49. The highest BCUT2D eigenvalue weighted by molar-refractivity contribution is 7.98. The Morgan fingerprint density at radius 1 is 1.20 bits per heavy atom. The van der Waals surface area contributed by atoms with Crippen molar-refractivity contribution >= 4 is 17.3 Å². The van der Waals surface area contributed by atoms with Crippen LogP contribution in [0.4, 0.5) is 0 Å². The third-order valence-electron chi connectivity index (χ3n) is 6.63. The van der Waals surface area contributed by atoms with E-state index in [1.807, 2.05) is 54.1 Å². The number of rotatable bonds is 8. The summed E-state index contributed by atoms with van der Waals surface area (Å²) >= 11 is 1.55. The van der Waals surface area contributed by atoms with Crippen molar-refractivity contribution in [1.82, 2.24) is 9.61 Å². The van der Waals surface area contributed by atoms with Crippen molar-refractivity contribution in [2.75, 3.05) is 20.5 Å². The second-order valence-corrected chi connectivity index (χ2v) is 9.83. The van der Waals surface area contributed by atoms with Crippen LogP contribution in [0.15, 0.2) is 51.9 Å². The van der Waals surface area contributed by atoms with Crippen LogP contribution in [0.25, 0.3) is 16.8 Å². The average molecular weight is 489 g/mol. The monoisotopic (exact) mass is 488 g/mol. The van der Waals surface area contributed by atoms with Gasteiger partial charge < -0.3 is 19.6 Å². The van der Waals surface area contributed by atoms with Crippen LogP contribution in [0.3, 0.4) is 0 Å². The fraction of sp³-hybridized carbons (Fsp3) is 0.333. The van der Waals surface area contributed by atoms with Gasteiger partial charge in [0.05, 0.1) is 31.0 Å². The third kappa shape index (κ3) is 3.95. The summed E-state index contributed by atoms with van der Waals surface area (Å²) in [5.41, 5.74) is 10.8. The molecule has 7 nitrogen and oxygen atoms in total. The first kappa shape index (κ1) is 23.3. The Labute approximate surface area is 208 Å². The average Bonchev–Trinajstić information content (AvgIpc) is 3.38. The summed E-state index contributed by atoms with van der Waals surface area (Å²) in [5.74, 6) is 2.77. The van der Waals surface area contributed by atoms with Gasteiger partial charge in [0.25, 0.3) is 0 Å². The van der Waals surface area contributed by atoms with E-state index in [2.05, 4.69) is 6.07 Å². The zero-order valence-electron chi connectivity index (χ0n) is 20.3. The van der Waals surface area contributed by atoms with E-state index in [4.69, 9.17) is 24.7 Å². The molecule has 1 aromatic carbocycles. The molecule has 0 saturated heterocycles. The van der Waals surface area contributed by atoms with Crippen molar-refractivity contribution < 1.29 is 13.9 Å². The molecule has 0 bridgehead atoms. The van der Waals surface area contributed by atoms with Crippen LogP contribution in [0.1, 0.15) is 41.9 Å². The number of aromatic nitrogens is 2. The van der Waals surface area contributed by atoms with E-state index in [0.29, 0.717) is 23.2 Å². The van der Waals surface area contributed by atoms with Crippen molar-refractivity contribution in [3.63, 3.8) is 0 Å². The number of pyridine rings is 1. The molecule has 1 unspecified atom stereocenters. The second-order valence-electron chi connectivity index (χ2n) is 9.03. The van der Waals surface area contributed by atoms with Gasteiger partial charge in [-0.3, -0.25) is 0 Å². The highest BCUT2D eigenvalue weighted by atomic mass is 32.2. The summed E-state index contributed by atoms with van der Waals surface area (Å²) in [4.78, 5) is 0. The maximum atomic E-state index is 9.37. The molecule has 0 spiro atoms. The van der Waals surface area contributed by atoms with Gasteiger partial charge in [0.1, 0.15) is 33.9 Å². The number of aryl methyl sites for hydroxylation is 1. The van der Waals surface area contributed by atoms with Crippen LogP contribution >= 0.6 is 11.8 Å². The molecule has 1 aliphatic rings. The summed E-state index contributed by atoms with van der Waals surface area (Å²) in [6.07, 6.45) is 5.00. The van der Waals surface area contributed by atoms with Gasteiger partial charge in [-0.05, 0) is 67.5 Å². The zero-order chi connectivity index (χ0) is 24.7. The molecular formula is C27H28N4O3S. The van der Waals surface area contributed by atoms with Gasteiger partial charge in [-0.2, -0.15) is 10.4 Å². The largest absolute Gasteiger partial charge is 0.496 e. The van der Waals surface area contributed by atoms with E-state index in [9.17, 15) is 5.26 Å². The zero-order valence-corrected chi connectivity index (χ0v) is 21.1. The van der Waals surface area contributed by atoms with Gasteiger partial charge in [-0.1, -0.05) is 18.9 Å². The highest BCUT2D eigenvalue weighted by Gasteiger charge is 2.43. The predicted octanol–water partition coefficient (Wildman–Crippen LogP) is 5.52. The van der Waals surface area contributed by atoms with Crippen molar-refractivity contribution in [2.24, 2.45) is 11.7 Å². The summed E-state index contributed by atoms with van der Waals surface area (Å²) < 4.78 is 19.3. The van der Waals surface area contributed by atoms with Gasteiger partial charge in [-0.25, -0.2) is 4.52 Å². The molecule has 5 rings (SSSR count). The molecule has 3 aromatic heterocycles. The molecule has 0 aliphatic heterocycles. The molecule has 1 aliphatic carbocycles. The number of hydrogen-bond donors (Lipinski definition) is 1. The lowest BCUT2D eigenvalue weighted by atomic mass is 9.84. The number of thioether (sulfide) groups is 1. The SMILES string of the molecule is COc1cc(C)cc(OC)c1-c1cccc2c(C(N)(CC3CC3)c3ccc(C#N)o3)c(SC)nn12. The number of fused-ring (bicyclic) bond motifs is 1. The fourth-order valence-electron chi connectivity index (χ4n) is 4.84. The van der Waals surface area contributed by atoms with E-state index < -0.39 is 5.54 Å². The topological polar surface area (TPSA) is 98.7 Å². The van der Waals surface area contributed by atoms with Crippen LogP contribution in [0.2, 0.25) is 0 Å². The molecule has 4 aromatic rings. The number of methoxy groups -OCH3 is 2. The Balaban J connectivity index is 1.79. The minimum atomic E-state index is -0.920. The lowest BCUT2D eigenvalue weighted by molar-refractivity contribution is 0.352. The van der Waals surface area contributed by atoms with Crippen LogP contribution < -0.4 is 15.2 Å². The van der Waals surface area contributed by atoms with E-state index in [0.717, 1.165) is 52.2 Å². The summed E-state index contributed by atoms with van der Waals surface area (Å²) in [7, 11) is 3.31. The lowest BCUT2D eigenvalue weighted by Crippen LogP contribution is -2.38. The van der Waals surface area contributed by atoms with E-state index in [-0.39, 0.29) is 5.76 Å². The van der Waals surface area contributed by atoms with E-state index >= 15 is 0 Å². The number of nitrogens with zero attached hydrogens (tertiary/aromatic N) is 3. The quantitative estimate of drug-likeness (QED) is 0.326. The Bertz CT molecular complexity index is 1420. The third-order valence-corrected chi connectivity index (χ3v) is 7.31. The Kier molecular flexibility index (Phi) is 5.99. The van der Waals surface area contributed by atoms with Crippen LogP contribution in [-0.2, 0) is 5.54 Å². The van der Waals surface area contributed by atoms with E-state index in [1.54, 1.807) is 32.0 Å². The summed E-state index contributed by atoms with van der Waals surface area (Å²) in [6, 6.07) is 15.6. The van der Waals surface area contributed by atoms with Gasteiger partial charge in [0, 0.05) is 5.56 Å². The number of furan rings is 1. The Hall–Kier alpha value is -3.41. The molecular weight excluding hydrogens is 460 g/mol. The van der Waals surface area contributed by atoms with Crippen molar-refractivity contribution in [1.29, 1.82) is 5.26 Å². The first-order chi connectivity index (χ1) is 16.9. The molecule has 1 saturated carbocycles. The molecule has 180 valence electrons. The number of nitrogens with two attached hydrogens (primary N) is 1. The van der Waals surface area contributed by atoms with Crippen molar-refractivity contribution in [3.05, 3.63) is 65.1 Å². The Morgan fingerprint density at radius 3 is 2.49 bits per heavy atom. The minimum Gasteiger partial charge on any atom is -0.496 e. The van der Waals surface area contributed by atoms with Gasteiger partial charge in [-0.15, -0.1) is 11.8 Å². The standard InChI is InChI=1S/C27H28N4O3S/c1-16-12-21(32-2)24(22(13-16)33-3)19-6-5-7-20-25(26(35-4)30-31(19)20)27(29,14-17-8-9-17)23-11-10-18(15-28)34-23/h5-7,10-13,17H,8-9,14,29H2,1-4H3. The molecule has 8 heteroatoms. The first-order valence-corrected chi connectivity index (χ1v) is 12.7. The lowest BCUT2D eigenvalue weighted by Gasteiger charge is -2.28. The van der Waals surface area contributed by atoms with Crippen molar-refractivity contribution in [2.45, 2.75) is 36.8 Å². The second kappa shape index (κ2) is 8.99. The van der Waals surface area contributed by atoms with Crippen molar-refractivity contribution in [3.8, 4) is 28.8 Å². The predicted molar refractivity (Wildman–Crippen MR) is 136 cm³/mol. The number of hydrogen-bond acceptors (Lipinski definition) is 7. The molecule has 35 heavy (non-hydrogen) atoms. The normalized spacial score (nSPS) is 15.1. The maximum absolute atomic E-state index is 9.37. The molecule has 0 radical (unpaired) electrons. The molecule has 3 heterocycles. The highest BCUT2D eigenvalue weighted by Crippen LogP contribution is 2.48. The molecule has 1 fully saturated rings. The summed E-state index contributed by atoms with van der Waals surface area (Å²) in [6.45, 7) is 2.01. The maximum Gasteiger partial charge on any atom is 0.203 e. The number of benzene rings is 1. The summed E-state index contributed by atoms with van der Waals surface area (Å²) in [5, 5.41) is 15.2.